The number of alkyl halides is 1. The number of piperazine rings is 1. The number of benzene rings is 2. The van der Waals surface area contributed by atoms with Crippen LogP contribution in [0.4, 0.5) is 10.1 Å². The molecule has 2 N–H and O–H groups in total. The summed E-state index contributed by atoms with van der Waals surface area (Å²) in [5.74, 6) is 0.554. The minimum Gasteiger partial charge on any atom is -0.674 e. The Bertz CT molecular complexity index is 993. The average molecular weight is 941 g/mol. The molecule has 0 spiro atoms. The first-order chi connectivity index (χ1) is 16.0. The van der Waals surface area contributed by atoms with Crippen molar-refractivity contribution in [2.75, 3.05) is 31.1 Å². The Labute approximate surface area is 287 Å². The van der Waals surface area contributed by atoms with Gasteiger partial charge >= 0.3 is 5.00 Å². The van der Waals surface area contributed by atoms with Crippen LogP contribution in [0.25, 0.3) is 11.5 Å². The van der Waals surface area contributed by atoms with Crippen LogP contribution in [-0.4, -0.2) is 41.0 Å². The quantitative estimate of drug-likeness (QED) is 0.167. The maximum absolute atomic E-state index is 10.7. The molecule has 0 saturated carbocycles. The third-order valence-electron chi connectivity index (χ3n) is 5.32. The van der Waals surface area contributed by atoms with Gasteiger partial charge in [-0.2, -0.15) is 0 Å². The fourth-order valence-corrected chi connectivity index (χ4v) is 4.31. The van der Waals surface area contributed by atoms with Crippen molar-refractivity contribution in [3.8, 4) is 0 Å². The van der Waals surface area contributed by atoms with E-state index < -0.39 is 4.92 Å². The van der Waals surface area contributed by atoms with Crippen molar-refractivity contribution >= 4 is 33.1 Å². The molecule has 0 bridgehead atoms. The number of nitrogens with zero attached hydrogens (tertiary/aromatic N) is 4. The fraction of sp³-hybridized carbons (Fsp3) is 0.348. The molecule has 0 amide bonds. The van der Waals surface area contributed by atoms with Crippen LogP contribution in [0, 0.1) is 98.2 Å². The van der Waals surface area contributed by atoms with Crippen LogP contribution in [0.2, 0.25) is 0 Å². The van der Waals surface area contributed by atoms with Gasteiger partial charge in [-0.05, 0) is 22.5 Å². The zero-order valence-electron chi connectivity index (χ0n) is 19.4. The van der Waals surface area contributed by atoms with Crippen LogP contribution >= 0.6 is 22.9 Å². The Balaban J connectivity index is 0.000000435. The molecule has 1 aliphatic rings. The summed E-state index contributed by atoms with van der Waals surface area (Å²) >= 11 is 6.71. The minimum absolute atomic E-state index is 0. The van der Waals surface area contributed by atoms with E-state index >= 15 is 0 Å². The molecular formula is C23H27Ac2ClN6O2S-2. The SMILES string of the molecule is [Ac].[Ac].[NH-]Cc1ccc(CCl)cc1.[NH-]Cc1ccc(CN2CCN(c3ncc([N+](=O)[O-])s3)CC2)cc1. The van der Waals surface area contributed by atoms with E-state index in [1.807, 2.05) is 36.4 Å². The van der Waals surface area contributed by atoms with E-state index in [-0.39, 0.29) is 93.1 Å². The molecule has 2 radical (unpaired) electrons. The van der Waals surface area contributed by atoms with Crippen molar-refractivity contribution in [1.82, 2.24) is 9.88 Å². The predicted octanol–water partition coefficient (Wildman–Crippen LogP) is 5.90. The molecule has 12 heteroatoms. The third-order valence-corrected chi connectivity index (χ3v) is 6.64. The van der Waals surface area contributed by atoms with Crippen molar-refractivity contribution in [3.05, 3.63) is 98.6 Å². The number of nitro groups is 1. The number of thiazole rings is 1. The first kappa shape index (κ1) is 33.4. The fourth-order valence-electron chi connectivity index (χ4n) is 3.35. The number of rotatable bonds is 7. The molecule has 0 aliphatic carbocycles. The number of hydrogen-bond acceptors (Lipinski definition) is 6. The molecular weight excluding hydrogens is 914 g/mol. The molecule has 8 nitrogen and oxygen atoms in total. The predicted molar refractivity (Wildman–Crippen MR) is 135 cm³/mol. The maximum atomic E-state index is 10.7. The Kier molecular flexibility index (Phi) is 16.9. The summed E-state index contributed by atoms with van der Waals surface area (Å²) in [6, 6.07) is 16.0. The molecule has 4 rings (SSSR count). The molecule has 35 heavy (non-hydrogen) atoms. The van der Waals surface area contributed by atoms with Crippen LogP contribution < -0.4 is 4.90 Å². The Morgan fingerprint density at radius 2 is 1.37 bits per heavy atom. The van der Waals surface area contributed by atoms with Crippen LogP contribution in [0.15, 0.2) is 54.7 Å². The maximum Gasteiger partial charge on any atom is 0.345 e. The van der Waals surface area contributed by atoms with E-state index in [9.17, 15) is 10.1 Å². The number of anilines is 1. The van der Waals surface area contributed by atoms with Crippen molar-refractivity contribution < 1.29 is 93.0 Å². The summed E-state index contributed by atoms with van der Waals surface area (Å²) < 4.78 is 0. The monoisotopic (exact) mass is 940 g/mol. The summed E-state index contributed by atoms with van der Waals surface area (Å²) in [4.78, 5) is 19.0. The van der Waals surface area contributed by atoms with Crippen molar-refractivity contribution in [2.45, 2.75) is 25.5 Å². The van der Waals surface area contributed by atoms with Crippen LogP contribution in [0.3, 0.4) is 0 Å². The molecule has 182 valence electrons. The normalized spacial score (nSPS) is 13.2. The zero-order chi connectivity index (χ0) is 23.6. The molecule has 2 heterocycles. The molecule has 1 aromatic heterocycles. The van der Waals surface area contributed by atoms with E-state index in [0.717, 1.165) is 65.9 Å². The molecule has 0 atom stereocenters. The van der Waals surface area contributed by atoms with Gasteiger partial charge in [0.2, 0.25) is 0 Å². The second-order valence-electron chi connectivity index (χ2n) is 7.62. The van der Waals surface area contributed by atoms with E-state index in [1.165, 1.54) is 11.8 Å². The van der Waals surface area contributed by atoms with Gasteiger partial charge in [-0.1, -0.05) is 59.7 Å². The second-order valence-corrected chi connectivity index (χ2v) is 8.88. The standard InChI is InChI=1S/C15H18N5O2S.C8H9ClN.2Ac/c16-9-12-1-3-13(4-2-12)11-18-5-7-19(8-6-18)15-17-10-14(23-15)20(21)22;9-5-7-1-3-8(6-10)4-2-7;;/h1-4,10,16H,5-9,11H2;1-4,10H,5-6H2;;/q2*-1;;. The summed E-state index contributed by atoms with van der Waals surface area (Å²) in [6.07, 6.45) is 1.33. The molecule has 2 aromatic carbocycles. The van der Waals surface area contributed by atoms with E-state index in [4.69, 9.17) is 23.1 Å². The zero-order valence-corrected chi connectivity index (χ0v) is 30.5. The van der Waals surface area contributed by atoms with Gasteiger partial charge < -0.3 is 16.4 Å². The van der Waals surface area contributed by atoms with Gasteiger partial charge in [-0.15, -0.1) is 24.7 Å². The van der Waals surface area contributed by atoms with Gasteiger partial charge in [0.05, 0.1) is 4.92 Å². The second kappa shape index (κ2) is 17.8. The van der Waals surface area contributed by atoms with Gasteiger partial charge in [-0.25, -0.2) is 4.98 Å². The van der Waals surface area contributed by atoms with Crippen molar-refractivity contribution in [3.63, 3.8) is 0 Å². The third kappa shape index (κ3) is 10.9. The average Bonchev–Trinajstić information content (AvgIpc) is 3.36. The van der Waals surface area contributed by atoms with Gasteiger partial charge in [0, 0.05) is 127 Å². The first-order valence-electron chi connectivity index (χ1n) is 10.6. The number of halogens is 1. The smallest absolute Gasteiger partial charge is 0.345 e. The van der Waals surface area contributed by atoms with Crippen molar-refractivity contribution in [1.29, 1.82) is 0 Å². The van der Waals surface area contributed by atoms with Gasteiger partial charge in [0.15, 0.2) is 5.13 Å². The summed E-state index contributed by atoms with van der Waals surface area (Å²) in [5.41, 5.74) is 18.8. The first-order valence-corrected chi connectivity index (χ1v) is 12.0. The summed E-state index contributed by atoms with van der Waals surface area (Å²) in [5, 5.41) is 11.6. The van der Waals surface area contributed by atoms with Crippen LogP contribution in [0.5, 0.6) is 0 Å². The van der Waals surface area contributed by atoms with Crippen LogP contribution in [-0.2, 0) is 25.5 Å². The van der Waals surface area contributed by atoms with Gasteiger partial charge in [-0.3, -0.25) is 15.0 Å². The Morgan fingerprint density at radius 3 is 1.80 bits per heavy atom. The molecule has 3 aromatic rings. The molecule has 0 unspecified atom stereocenters. The number of nitrogens with one attached hydrogen (secondary N) is 2. The topological polar surface area (TPSA) is 110 Å². The van der Waals surface area contributed by atoms with E-state index in [1.54, 1.807) is 0 Å². The molecule has 1 fully saturated rings. The molecule has 1 saturated heterocycles. The Morgan fingerprint density at radius 1 is 0.886 bits per heavy atom. The summed E-state index contributed by atoms with van der Waals surface area (Å²) in [6.45, 7) is 5.04. The van der Waals surface area contributed by atoms with Crippen LogP contribution in [0.1, 0.15) is 22.3 Å². The minimum atomic E-state index is -0.391. The number of aromatic nitrogens is 1. The van der Waals surface area contributed by atoms with E-state index in [0.29, 0.717) is 19.0 Å². The van der Waals surface area contributed by atoms with Crippen molar-refractivity contribution in [2.24, 2.45) is 0 Å². The largest absolute Gasteiger partial charge is 0.674 e. The van der Waals surface area contributed by atoms with E-state index in [2.05, 4.69) is 26.9 Å². The summed E-state index contributed by atoms with van der Waals surface area (Å²) in [7, 11) is 0. The Hall–Kier alpha value is 0.323. The number of hydrogen-bond donors (Lipinski definition) is 0. The van der Waals surface area contributed by atoms with Gasteiger partial charge in [0.1, 0.15) is 6.20 Å². The van der Waals surface area contributed by atoms with Gasteiger partial charge in [0.25, 0.3) is 0 Å². The molecule has 1 aliphatic heterocycles.